The number of aromatic nitrogens is 2. The molecule has 0 N–H and O–H groups in total. The second kappa shape index (κ2) is 3.65. The van der Waals surface area contributed by atoms with Crippen LogP contribution in [-0.4, -0.2) is 23.9 Å². The van der Waals surface area contributed by atoms with E-state index in [1.165, 1.54) is 6.92 Å². The Balaban J connectivity index is 3.03. The lowest BCUT2D eigenvalue weighted by molar-refractivity contribution is -0.0501. The molecule has 0 radical (unpaired) electrons. The first-order chi connectivity index (χ1) is 6.74. The first kappa shape index (κ1) is 11.7. The minimum absolute atomic E-state index is 0.0883. The van der Waals surface area contributed by atoms with Gasteiger partial charge in [0.25, 0.3) is 0 Å². The number of nitrogens with zero attached hydrogens (tertiary/aromatic N) is 2. The molecule has 1 aromatic rings. The van der Waals surface area contributed by atoms with Crippen molar-refractivity contribution in [3.05, 3.63) is 18.1 Å². The van der Waals surface area contributed by atoms with Gasteiger partial charge in [0.05, 0.1) is 0 Å². The van der Waals surface area contributed by atoms with Gasteiger partial charge in [-0.2, -0.15) is 21.6 Å². The zero-order chi connectivity index (χ0) is 11.7. The topological polar surface area (TPSA) is 69.2 Å². The molecule has 0 amide bonds. The standard InChI is InChI=1S/C6H5F3N2O3S/c1-4-2-10-3-11-5(4)14-15(12,13)6(7,8)9/h2-3H,1H3. The third-order valence-corrected chi connectivity index (χ3v) is 2.26. The summed E-state index contributed by atoms with van der Waals surface area (Å²) in [6.07, 6.45) is 2.02. The minimum Gasteiger partial charge on any atom is -0.355 e. The lowest BCUT2D eigenvalue weighted by Gasteiger charge is -2.09. The summed E-state index contributed by atoms with van der Waals surface area (Å²) in [5.41, 5.74) is -5.38. The van der Waals surface area contributed by atoms with Crippen molar-refractivity contribution in [1.29, 1.82) is 0 Å². The highest BCUT2D eigenvalue weighted by Crippen LogP contribution is 2.26. The molecule has 1 rings (SSSR count). The van der Waals surface area contributed by atoms with Crippen LogP contribution in [0.5, 0.6) is 5.88 Å². The van der Waals surface area contributed by atoms with E-state index in [-0.39, 0.29) is 5.56 Å². The molecule has 0 bridgehead atoms. The summed E-state index contributed by atoms with van der Waals surface area (Å²) in [4.78, 5) is 6.73. The maximum atomic E-state index is 11.9. The predicted octanol–water partition coefficient (Wildman–Crippen LogP) is 1.01. The van der Waals surface area contributed by atoms with E-state index in [2.05, 4.69) is 14.2 Å². The maximum Gasteiger partial charge on any atom is 0.534 e. The Morgan fingerprint density at radius 1 is 1.40 bits per heavy atom. The molecule has 15 heavy (non-hydrogen) atoms. The molecule has 0 unspecified atom stereocenters. The fourth-order valence-electron chi connectivity index (χ4n) is 0.626. The second-order valence-electron chi connectivity index (χ2n) is 2.49. The Labute approximate surface area is 83.0 Å². The van der Waals surface area contributed by atoms with Crippen molar-refractivity contribution >= 4 is 10.1 Å². The average molecular weight is 242 g/mol. The van der Waals surface area contributed by atoms with Crippen LogP contribution in [-0.2, 0) is 10.1 Å². The van der Waals surface area contributed by atoms with Gasteiger partial charge in [0.2, 0.25) is 5.88 Å². The Kier molecular flexibility index (Phi) is 2.84. The van der Waals surface area contributed by atoms with E-state index < -0.39 is 21.5 Å². The van der Waals surface area contributed by atoms with E-state index in [0.717, 1.165) is 12.5 Å². The first-order valence-electron chi connectivity index (χ1n) is 3.51. The molecule has 0 spiro atoms. The van der Waals surface area contributed by atoms with Crippen LogP contribution in [0.25, 0.3) is 0 Å². The van der Waals surface area contributed by atoms with E-state index in [1.54, 1.807) is 0 Å². The third kappa shape index (κ3) is 2.55. The van der Waals surface area contributed by atoms with E-state index in [1.807, 2.05) is 0 Å². The van der Waals surface area contributed by atoms with Crippen LogP contribution in [0.2, 0.25) is 0 Å². The summed E-state index contributed by atoms with van der Waals surface area (Å²) in [6, 6.07) is 0. The van der Waals surface area contributed by atoms with Crippen molar-refractivity contribution in [2.45, 2.75) is 12.4 Å². The van der Waals surface area contributed by atoms with Gasteiger partial charge in [0, 0.05) is 11.8 Å². The highest BCUT2D eigenvalue weighted by molar-refractivity contribution is 7.87. The minimum atomic E-state index is -5.66. The molecule has 0 aromatic carbocycles. The summed E-state index contributed by atoms with van der Waals surface area (Å²) in [5.74, 6) is -0.637. The smallest absolute Gasteiger partial charge is 0.355 e. The quantitative estimate of drug-likeness (QED) is 0.572. The molecule has 5 nitrogen and oxygen atoms in total. The largest absolute Gasteiger partial charge is 0.534 e. The summed E-state index contributed by atoms with van der Waals surface area (Å²) in [5, 5.41) is 0. The Bertz CT molecular complexity index is 457. The van der Waals surface area contributed by atoms with Crippen molar-refractivity contribution in [3.8, 4) is 5.88 Å². The van der Waals surface area contributed by atoms with Gasteiger partial charge in [-0.3, -0.25) is 0 Å². The molecular formula is C6H5F3N2O3S. The van der Waals surface area contributed by atoms with Gasteiger partial charge >= 0.3 is 15.6 Å². The van der Waals surface area contributed by atoms with Crippen LogP contribution in [0.4, 0.5) is 13.2 Å². The fraction of sp³-hybridized carbons (Fsp3) is 0.333. The number of halogens is 3. The number of hydrogen-bond donors (Lipinski definition) is 0. The van der Waals surface area contributed by atoms with E-state index >= 15 is 0 Å². The zero-order valence-electron chi connectivity index (χ0n) is 7.32. The number of hydrogen-bond acceptors (Lipinski definition) is 5. The molecule has 0 atom stereocenters. The van der Waals surface area contributed by atoms with Crippen LogP contribution < -0.4 is 4.18 Å². The second-order valence-corrected chi connectivity index (χ2v) is 4.03. The molecular weight excluding hydrogens is 237 g/mol. The van der Waals surface area contributed by atoms with Crippen molar-refractivity contribution in [1.82, 2.24) is 9.97 Å². The molecule has 1 aromatic heterocycles. The number of rotatable bonds is 2. The lowest BCUT2D eigenvalue weighted by Crippen LogP contribution is -2.28. The fourth-order valence-corrected chi connectivity index (χ4v) is 1.10. The molecule has 1 heterocycles. The molecule has 9 heteroatoms. The van der Waals surface area contributed by atoms with Gasteiger partial charge < -0.3 is 4.18 Å². The SMILES string of the molecule is Cc1cncnc1OS(=O)(=O)C(F)(F)F. The zero-order valence-corrected chi connectivity index (χ0v) is 8.13. The van der Waals surface area contributed by atoms with E-state index in [0.29, 0.717) is 0 Å². The van der Waals surface area contributed by atoms with Crippen LogP contribution in [0.3, 0.4) is 0 Å². The predicted molar refractivity (Wildman–Crippen MR) is 42.4 cm³/mol. The molecule has 0 aliphatic carbocycles. The Morgan fingerprint density at radius 3 is 2.47 bits per heavy atom. The highest BCUT2D eigenvalue weighted by Gasteiger charge is 2.49. The molecule has 0 aliphatic rings. The van der Waals surface area contributed by atoms with Gasteiger partial charge in [-0.15, -0.1) is 0 Å². The third-order valence-electron chi connectivity index (χ3n) is 1.32. The van der Waals surface area contributed by atoms with Crippen molar-refractivity contribution in [3.63, 3.8) is 0 Å². The molecule has 0 aliphatic heterocycles. The summed E-state index contributed by atoms with van der Waals surface area (Å²) < 4.78 is 60.6. The van der Waals surface area contributed by atoms with Crippen molar-refractivity contribution in [2.75, 3.05) is 0 Å². The van der Waals surface area contributed by atoms with E-state index in [9.17, 15) is 21.6 Å². The number of aryl methyl sites for hydroxylation is 1. The highest BCUT2D eigenvalue weighted by atomic mass is 32.2. The lowest BCUT2D eigenvalue weighted by atomic mass is 10.4. The molecule has 0 saturated carbocycles. The molecule has 84 valence electrons. The Morgan fingerprint density at radius 2 is 2.00 bits per heavy atom. The molecule has 0 fully saturated rings. The maximum absolute atomic E-state index is 11.9. The monoisotopic (exact) mass is 242 g/mol. The number of alkyl halides is 3. The van der Waals surface area contributed by atoms with Gasteiger partial charge in [0.1, 0.15) is 6.33 Å². The summed E-state index contributed by atoms with van der Waals surface area (Å²) >= 11 is 0. The first-order valence-corrected chi connectivity index (χ1v) is 4.92. The Hall–Kier alpha value is -1.38. The van der Waals surface area contributed by atoms with Gasteiger partial charge in [-0.25, -0.2) is 9.97 Å². The summed E-state index contributed by atoms with van der Waals surface area (Å²) in [7, 11) is -5.66. The van der Waals surface area contributed by atoms with Crippen LogP contribution in [0, 0.1) is 6.92 Å². The van der Waals surface area contributed by atoms with Gasteiger partial charge in [-0.05, 0) is 6.92 Å². The van der Waals surface area contributed by atoms with Gasteiger partial charge in [0.15, 0.2) is 0 Å². The normalized spacial score (nSPS) is 12.5. The van der Waals surface area contributed by atoms with Crippen LogP contribution in [0.15, 0.2) is 12.5 Å². The average Bonchev–Trinajstić information content (AvgIpc) is 2.06. The van der Waals surface area contributed by atoms with Crippen molar-refractivity contribution < 1.29 is 25.8 Å². The molecule has 0 saturated heterocycles. The van der Waals surface area contributed by atoms with E-state index in [4.69, 9.17) is 0 Å². The van der Waals surface area contributed by atoms with Gasteiger partial charge in [-0.1, -0.05) is 0 Å². The van der Waals surface area contributed by atoms with Crippen molar-refractivity contribution in [2.24, 2.45) is 0 Å². The van der Waals surface area contributed by atoms with Crippen LogP contribution in [0.1, 0.15) is 5.56 Å². The summed E-state index contributed by atoms with van der Waals surface area (Å²) in [6.45, 7) is 1.32. The van der Waals surface area contributed by atoms with Crippen LogP contribution >= 0.6 is 0 Å².